The van der Waals surface area contributed by atoms with Crippen LogP contribution in [0.15, 0.2) is 0 Å². The second-order valence-corrected chi connectivity index (χ2v) is 5.66. The highest BCUT2D eigenvalue weighted by Gasteiger charge is 2.31. The third-order valence-corrected chi connectivity index (χ3v) is 4.65. The van der Waals surface area contributed by atoms with E-state index in [1.807, 2.05) is 6.92 Å². The number of ether oxygens (including phenoxy) is 1. The Labute approximate surface area is 90.2 Å². The smallest absolute Gasteiger partial charge is 0.214 e. The van der Waals surface area contributed by atoms with Gasteiger partial charge >= 0.3 is 0 Å². The maximum Gasteiger partial charge on any atom is 0.214 e. The van der Waals surface area contributed by atoms with Crippen LogP contribution in [0.4, 0.5) is 0 Å². The van der Waals surface area contributed by atoms with Gasteiger partial charge in [-0.1, -0.05) is 6.92 Å². The number of hydrogen-bond donors (Lipinski definition) is 0. The van der Waals surface area contributed by atoms with E-state index in [1.165, 1.54) is 4.31 Å². The minimum Gasteiger partial charge on any atom is -0.378 e. The van der Waals surface area contributed by atoms with Crippen molar-refractivity contribution in [2.75, 3.05) is 31.4 Å². The standard InChI is InChI=1S/C8H16ClNO3S/c1-2-5-14(11,12)10-3-4-13-7-8(10)6-9/h8H,2-7H2,1H3. The molecule has 1 heterocycles. The fourth-order valence-corrected chi connectivity index (χ4v) is 3.53. The molecule has 14 heavy (non-hydrogen) atoms. The Balaban J connectivity index is 2.72. The average Bonchev–Trinajstić information content (AvgIpc) is 2.18. The first kappa shape index (κ1) is 12.2. The molecule has 0 aromatic heterocycles. The number of nitrogens with zero attached hydrogens (tertiary/aromatic N) is 1. The maximum absolute atomic E-state index is 11.8. The first-order valence-corrected chi connectivity index (χ1v) is 6.89. The summed E-state index contributed by atoms with van der Waals surface area (Å²) < 4.78 is 30.2. The predicted octanol–water partition coefficient (Wildman–Crippen LogP) is 0.666. The molecule has 0 N–H and O–H groups in total. The van der Waals surface area contributed by atoms with Gasteiger partial charge in [0.2, 0.25) is 10.0 Å². The van der Waals surface area contributed by atoms with Gasteiger partial charge in [-0.3, -0.25) is 0 Å². The van der Waals surface area contributed by atoms with Crippen LogP contribution in [0.1, 0.15) is 13.3 Å². The lowest BCUT2D eigenvalue weighted by atomic mass is 10.3. The Kier molecular flexibility index (Phi) is 4.63. The zero-order chi connectivity index (χ0) is 10.6. The summed E-state index contributed by atoms with van der Waals surface area (Å²) in [5, 5.41) is 0. The summed E-state index contributed by atoms with van der Waals surface area (Å²) in [5.74, 6) is 0.489. The van der Waals surface area contributed by atoms with Gasteiger partial charge in [-0.05, 0) is 6.42 Å². The van der Waals surface area contributed by atoms with Crippen LogP contribution in [-0.4, -0.2) is 50.2 Å². The Morgan fingerprint density at radius 2 is 2.29 bits per heavy atom. The summed E-state index contributed by atoms with van der Waals surface area (Å²) in [6, 6.07) is -0.193. The zero-order valence-electron chi connectivity index (χ0n) is 8.28. The first-order chi connectivity index (χ1) is 6.61. The Morgan fingerprint density at radius 1 is 1.57 bits per heavy atom. The fourth-order valence-electron chi connectivity index (χ4n) is 1.50. The second-order valence-electron chi connectivity index (χ2n) is 3.31. The Hall–Kier alpha value is 0.160. The van der Waals surface area contributed by atoms with Gasteiger partial charge in [-0.25, -0.2) is 8.42 Å². The SMILES string of the molecule is CCCS(=O)(=O)N1CCOCC1CCl. The summed E-state index contributed by atoms with van der Waals surface area (Å²) in [6.45, 7) is 3.16. The molecule has 4 nitrogen and oxygen atoms in total. The number of morpholine rings is 1. The Bertz CT molecular complexity index is 268. The van der Waals surface area contributed by atoms with E-state index in [0.717, 1.165) is 0 Å². The van der Waals surface area contributed by atoms with Gasteiger partial charge in [0.05, 0.1) is 25.0 Å². The molecule has 0 amide bonds. The van der Waals surface area contributed by atoms with Crippen molar-refractivity contribution in [2.45, 2.75) is 19.4 Å². The number of sulfonamides is 1. The van der Waals surface area contributed by atoms with E-state index in [2.05, 4.69) is 0 Å². The average molecular weight is 242 g/mol. The van der Waals surface area contributed by atoms with Crippen molar-refractivity contribution in [3.05, 3.63) is 0 Å². The molecule has 0 radical (unpaired) electrons. The third kappa shape index (κ3) is 2.82. The summed E-state index contributed by atoms with van der Waals surface area (Å²) in [4.78, 5) is 0. The topological polar surface area (TPSA) is 46.6 Å². The molecule has 1 aliphatic rings. The third-order valence-electron chi connectivity index (χ3n) is 2.17. The molecule has 6 heteroatoms. The van der Waals surface area contributed by atoms with Crippen molar-refractivity contribution in [3.63, 3.8) is 0 Å². The minimum absolute atomic E-state index is 0.193. The van der Waals surface area contributed by atoms with E-state index in [9.17, 15) is 8.42 Å². The molecule has 1 atom stereocenters. The quantitative estimate of drug-likeness (QED) is 0.680. The molecule has 1 saturated heterocycles. The minimum atomic E-state index is -3.13. The lowest BCUT2D eigenvalue weighted by Gasteiger charge is -2.33. The van der Waals surface area contributed by atoms with Gasteiger partial charge in [0.1, 0.15) is 0 Å². The molecule has 1 aliphatic heterocycles. The van der Waals surface area contributed by atoms with E-state index in [1.54, 1.807) is 0 Å². The van der Waals surface area contributed by atoms with Gasteiger partial charge in [0, 0.05) is 12.4 Å². The molecule has 0 saturated carbocycles. The van der Waals surface area contributed by atoms with E-state index >= 15 is 0 Å². The van der Waals surface area contributed by atoms with Crippen LogP contribution in [0.25, 0.3) is 0 Å². The summed E-state index contributed by atoms with van der Waals surface area (Å²) in [6.07, 6.45) is 0.634. The van der Waals surface area contributed by atoms with Crippen LogP contribution in [0, 0.1) is 0 Å². The number of halogens is 1. The molecule has 0 aromatic carbocycles. The van der Waals surface area contributed by atoms with Crippen molar-refractivity contribution in [3.8, 4) is 0 Å². The van der Waals surface area contributed by atoms with Gasteiger partial charge in [-0.2, -0.15) is 4.31 Å². The molecule has 84 valence electrons. The summed E-state index contributed by atoms with van der Waals surface area (Å²) in [5.41, 5.74) is 0. The van der Waals surface area contributed by atoms with Crippen molar-refractivity contribution in [1.82, 2.24) is 4.31 Å². The molecular weight excluding hydrogens is 226 g/mol. The first-order valence-electron chi connectivity index (χ1n) is 4.75. The second kappa shape index (κ2) is 5.30. The van der Waals surface area contributed by atoms with E-state index < -0.39 is 10.0 Å². The van der Waals surface area contributed by atoms with Crippen LogP contribution < -0.4 is 0 Å². The zero-order valence-corrected chi connectivity index (χ0v) is 9.85. The van der Waals surface area contributed by atoms with Crippen molar-refractivity contribution in [1.29, 1.82) is 0 Å². The molecule has 1 unspecified atom stereocenters. The summed E-state index contributed by atoms with van der Waals surface area (Å²) >= 11 is 5.70. The van der Waals surface area contributed by atoms with Gasteiger partial charge < -0.3 is 4.74 Å². The maximum atomic E-state index is 11.8. The number of alkyl halides is 1. The van der Waals surface area contributed by atoms with Gasteiger partial charge in [0.25, 0.3) is 0 Å². The predicted molar refractivity (Wildman–Crippen MR) is 56.1 cm³/mol. The van der Waals surface area contributed by atoms with Crippen molar-refractivity contribution >= 4 is 21.6 Å². The molecule has 1 fully saturated rings. The lowest BCUT2D eigenvalue weighted by molar-refractivity contribution is 0.0405. The van der Waals surface area contributed by atoms with Crippen molar-refractivity contribution < 1.29 is 13.2 Å². The van der Waals surface area contributed by atoms with Crippen LogP contribution >= 0.6 is 11.6 Å². The van der Waals surface area contributed by atoms with Crippen molar-refractivity contribution in [2.24, 2.45) is 0 Å². The largest absolute Gasteiger partial charge is 0.378 e. The molecule has 0 bridgehead atoms. The van der Waals surface area contributed by atoms with Crippen LogP contribution in [0.3, 0.4) is 0 Å². The normalized spacial score (nSPS) is 25.1. The lowest BCUT2D eigenvalue weighted by Crippen LogP contribution is -2.50. The van der Waals surface area contributed by atoms with Crippen LogP contribution in [0.5, 0.6) is 0 Å². The Morgan fingerprint density at radius 3 is 2.86 bits per heavy atom. The number of hydrogen-bond acceptors (Lipinski definition) is 3. The van der Waals surface area contributed by atoms with Gasteiger partial charge in [0.15, 0.2) is 0 Å². The molecular formula is C8H16ClNO3S. The fraction of sp³-hybridized carbons (Fsp3) is 1.00. The monoisotopic (exact) mass is 241 g/mol. The highest BCUT2D eigenvalue weighted by atomic mass is 35.5. The highest BCUT2D eigenvalue weighted by molar-refractivity contribution is 7.89. The molecule has 0 spiro atoms. The number of rotatable bonds is 4. The highest BCUT2D eigenvalue weighted by Crippen LogP contribution is 2.14. The summed E-state index contributed by atoms with van der Waals surface area (Å²) in [7, 11) is -3.13. The van der Waals surface area contributed by atoms with Crippen LogP contribution in [0.2, 0.25) is 0 Å². The molecule has 1 rings (SSSR count). The van der Waals surface area contributed by atoms with E-state index in [4.69, 9.17) is 16.3 Å². The van der Waals surface area contributed by atoms with E-state index in [-0.39, 0.29) is 11.8 Å². The van der Waals surface area contributed by atoms with Crippen LogP contribution in [-0.2, 0) is 14.8 Å². The molecule has 0 aromatic rings. The van der Waals surface area contributed by atoms with Gasteiger partial charge in [-0.15, -0.1) is 11.6 Å². The van der Waals surface area contributed by atoms with E-state index in [0.29, 0.717) is 32.1 Å². The molecule has 0 aliphatic carbocycles.